The fourth-order valence-corrected chi connectivity index (χ4v) is 5.76. The van der Waals surface area contributed by atoms with E-state index in [1.807, 2.05) is 12.3 Å². The van der Waals surface area contributed by atoms with Crippen molar-refractivity contribution in [2.75, 3.05) is 62.6 Å². The molecule has 0 bridgehead atoms. The van der Waals surface area contributed by atoms with E-state index in [-0.39, 0.29) is 17.7 Å². The molecular weight excluding hydrogens is 404 g/mol. The summed E-state index contributed by atoms with van der Waals surface area (Å²) in [6.45, 7) is 7.62. The Morgan fingerprint density at radius 1 is 0.938 bits per heavy atom. The van der Waals surface area contributed by atoms with Gasteiger partial charge in [0.15, 0.2) is 0 Å². The first kappa shape index (κ1) is 21.6. The lowest BCUT2D eigenvalue weighted by molar-refractivity contribution is -0.150. The van der Waals surface area contributed by atoms with Crippen molar-refractivity contribution in [1.82, 2.24) is 20.5 Å². The minimum atomic E-state index is 0.0831. The molecule has 0 atom stereocenters. The average Bonchev–Trinajstić information content (AvgIpc) is 2.84. The summed E-state index contributed by atoms with van der Waals surface area (Å²) in [5, 5.41) is 9.61. The van der Waals surface area contributed by atoms with Crippen LogP contribution < -0.4 is 20.9 Å². The quantitative estimate of drug-likeness (QED) is 0.657. The summed E-state index contributed by atoms with van der Waals surface area (Å²) in [6.07, 6.45) is 7.87. The zero-order chi connectivity index (χ0) is 22.0. The van der Waals surface area contributed by atoms with Gasteiger partial charge < -0.3 is 25.8 Å². The SMILES string of the molecule is O=C(Nc1ccc(N2CCC3(CC2)CN(C(=O)C2CCNCC2)C3)cn1)C1CCNCC1. The molecule has 4 aliphatic heterocycles. The molecule has 5 heterocycles. The Balaban J connectivity index is 1.08. The smallest absolute Gasteiger partial charge is 0.228 e. The molecule has 3 N–H and O–H groups in total. The standard InChI is InChI=1S/C24H36N6O2/c31-22(18-3-9-25-10-4-18)28-21-2-1-20(15-27-21)29-13-7-24(8-14-29)16-30(17-24)23(32)19-5-11-26-12-6-19/h1-2,15,18-19,25-26H,3-14,16-17H2,(H,27,28,31). The molecule has 0 radical (unpaired) electrons. The van der Waals surface area contributed by atoms with Gasteiger partial charge in [-0.3, -0.25) is 9.59 Å². The second kappa shape index (κ2) is 9.35. The number of nitrogens with one attached hydrogen (secondary N) is 3. The zero-order valence-corrected chi connectivity index (χ0v) is 18.9. The third-order valence-electron chi connectivity index (χ3n) is 7.95. The summed E-state index contributed by atoms with van der Waals surface area (Å²) in [5.74, 6) is 1.41. The fourth-order valence-electron chi connectivity index (χ4n) is 5.76. The first-order chi connectivity index (χ1) is 15.6. The molecule has 0 saturated carbocycles. The van der Waals surface area contributed by atoms with Crippen molar-refractivity contribution in [2.24, 2.45) is 17.3 Å². The van der Waals surface area contributed by atoms with E-state index in [4.69, 9.17) is 0 Å². The van der Waals surface area contributed by atoms with Gasteiger partial charge in [0, 0.05) is 43.4 Å². The predicted octanol–water partition coefficient (Wildman–Crippen LogP) is 1.45. The monoisotopic (exact) mass is 440 g/mol. The molecule has 8 nitrogen and oxygen atoms in total. The number of piperidine rings is 3. The molecule has 5 rings (SSSR count). The molecule has 0 aromatic carbocycles. The molecule has 0 unspecified atom stereocenters. The molecule has 1 aromatic heterocycles. The molecule has 1 aromatic rings. The summed E-state index contributed by atoms with van der Waals surface area (Å²) >= 11 is 0. The first-order valence-electron chi connectivity index (χ1n) is 12.3. The van der Waals surface area contributed by atoms with Gasteiger partial charge in [-0.05, 0) is 76.8 Å². The molecule has 32 heavy (non-hydrogen) atoms. The molecule has 0 aliphatic carbocycles. The van der Waals surface area contributed by atoms with Crippen LogP contribution in [0.15, 0.2) is 18.3 Å². The summed E-state index contributed by atoms with van der Waals surface area (Å²) in [7, 11) is 0. The third kappa shape index (κ3) is 4.62. The van der Waals surface area contributed by atoms with Gasteiger partial charge in [-0.2, -0.15) is 0 Å². The van der Waals surface area contributed by atoms with E-state index in [1.54, 1.807) is 0 Å². The Morgan fingerprint density at radius 2 is 1.56 bits per heavy atom. The number of anilines is 2. The van der Waals surface area contributed by atoms with Crippen molar-refractivity contribution in [3.63, 3.8) is 0 Å². The van der Waals surface area contributed by atoms with Crippen LogP contribution in [0, 0.1) is 17.3 Å². The number of aromatic nitrogens is 1. The highest BCUT2D eigenvalue weighted by molar-refractivity contribution is 5.91. The topological polar surface area (TPSA) is 89.6 Å². The van der Waals surface area contributed by atoms with E-state index >= 15 is 0 Å². The van der Waals surface area contributed by atoms with Crippen molar-refractivity contribution < 1.29 is 9.59 Å². The number of hydrogen-bond donors (Lipinski definition) is 3. The van der Waals surface area contributed by atoms with Gasteiger partial charge in [0.2, 0.25) is 11.8 Å². The Kier molecular flexibility index (Phi) is 6.33. The van der Waals surface area contributed by atoms with Crippen LogP contribution in [0.4, 0.5) is 11.5 Å². The molecule has 174 valence electrons. The van der Waals surface area contributed by atoms with Crippen LogP contribution in [0.3, 0.4) is 0 Å². The highest BCUT2D eigenvalue weighted by atomic mass is 16.2. The highest BCUT2D eigenvalue weighted by Gasteiger charge is 2.47. The van der Waals surface area contributed by atoms with E-state index < -0.39 is 0 Å². The van der Waals surface area contributed by atoms with E-state index in [0.29, 0.717) is 17.1 Å². The van der Waals surface area contributed by atoms with Crippen LogP contribution in [0.2, 0.25) is 0 Å². The molecule has 4 fully saturated rings. The minimum absolute atomic E-state index is 0.0831. The Morgan fingerprint density at radius 3 is 2.16 bits per heavy atom. The molecular formula is C24H36N6O2. The van der Waals surface area contributed by atoms with Crippen molar-refractivity contribution in [3.8, 4) is 0 Å². The molecule has 4 saturated heterocycles. The van der Waals surface area contributed by atoms with Gasteiger partial charge in [-0.25, -0.2) is 4.98 Å². The molecule has 2 amide bonds. The van der Waals surface area contributed by atoms with Crippen LogP contribution in [-0.4, -0.2) is 74.1 Å². The van der Waals surface area contributed by atoms with Gasteiger partial charge in [0.05, 0.1) is 11.9 Å². The van der Waals surface area contributed by atoms with Gasteiger partial charge in [0.25, 0.3) is 0 Å². The second-order valence-corrected chi connectivity index (χ2v) is 10.1. The van der Waals surface area contributed by atoms with Gasteiger partial charge in [0.1, 0.15) is 5.82 Å². The lowest BCUT2D eigenvalue weighted by Crippen LogP contribution is -2.63. The van der Waals surface area contributed by atoms with Crippen LogP contribution >= 0.6 is 0 Å². The van der Waals surface area contributed by atoms with Crippen LogP contribution in [-0.2, 0) is 9.59 Å². The predicted molar refractivity (Wildman–Crippen MR) is 125 cm³/mol. The Bertz CT molecular complexity index is 800. The summed E-state index contributed by atoms with van der Waals surface area (Å²) in [6, 6.07) is 3.98. The fraction of sp³-hybridized carbons (Fsp3) is 0.708. The van der Waals surface area contributed by atoms with Crippen LogP contribution in [0.1, 0.15) is 38.5 Å². The maximum Gasteiger partial charge on any atom is 0.228 e. The van der Waals surface area contributed by atoms with Gasteiger partial charge in [-0.1, -0.05) is 0 Å². The van der Waals surface area contributed by atoms with Crippen molar-refractivity contribution in [1.29, 1.82) is 0 Å². The lowest BCUT2D eigenvalue weighted by atomic mass is 9.71. The maximum atomic E-state index is 12.7. The van der Waals surface area contributed by atoms with E-state index in [0.717, 1.165) is 96.6 Å². The van der Waals surface area contributed by atoms with E-state index in [1.165, 1.54) is 0 Å². The highest BCUT2D eigenvalue weighted by Crippen LogP contribution is 2.42. The van der Waals surface area contributed by atoms with Crippen molar-refractivity contribution >= 4 is 23.3 Å². The second-order valence-electron chi connectivity index (χ2n) is 10.1. The molecule has 4 aliphatic rings. The number of rotatable bonds is 4. The van der Waals surface area contributed by atoms with Crippen LogP contribution in [0.5, 0.6) is 0 Å². The number of nitrogens with zero attached hydrogens (tertiary/aromatic N) is 3. The Hall–Kier alpha value is -2.19. The van der Waals surface area contributed by atoms with E-state index in [9.17, 15) is 9.59 Å². The van der Waals surface area contributed by atoms with Crippen LogP contribution in [0.25, 0.3) is 0 Å². The lowest BCUT2D eigenvalue weighted by Gasteiger charge is -2.55. The Labute approximate surface area is 190 Å². The summed E-state index contributed by atoms with van der Waals surface area (Å²) < 4.78 is 0. The number of amides is 2. The number of likely N-dealkylation sites (tertiary alicyclic amines) is 1. The molecule has 8 heteroatoms. The molecule has 1 spiro atoms. The normalized spacial score (nSPS) is 24.2. The number of carbonyl (C=O) groups is 2. The third-order valence-corrected chi connectivity index (χ3v) is 7.95. The summed E-state index contributed by atoms with van der Waals surface area (Å²) in [4.78, 5) is 34.2. The first-order valence-corrected chi connectivity index (χ1v) is 12.3. The number of hydrogen-bond acceptors (Lipinski definition) is 6. The van der Waals surface area contributed by atoms with Crippen molar-refractivity contribution in [2.45, 2.75) is 38.5 Å². The number of pyridine rings is 1. The summed E-state index contributed by atoms with van der Waals surface area (Å²) in [5.41, 5.74) is 1.43. The minimum Gasteiger partial charge on any atom is -0.370 e. The van der Waals surface area contributed by atoms with Gasteiger partial charge in [-0.15, -0.1) is 0 Å². The largest absolute Gasteiger partial charge is 0.370 e. The van der Waals surface area contributed by atoms with E-state index in [2.05, 4.69) is 36.8 Å². The van der Waals surface area contributed by atoms with Crippen molar-refractivity contribution in [3.05, 3.63) is 18.3 Å². The van der Waals surface area contributed by atoms with Gasteiger partial charge >= 0.3 is 0 Å². The number of carbonyl (C=O) groups excluding carboxylic acids is 2. The average molecular weight is 441 g/mol. The maximum absolute atomic E-state index is 12.7. The zero-order valence-electron chi connectivity index (χ0n) is 18.9.